The van der Waals surface area contributed by atoms with Crippen molar-refractivity contribution in [2.75, 3.05) is 26.9 Å². The largest absolute Gasteiger partial charge is 0.494 e. The molecular formula is C14H18N2O4S. The Balaban J connectivity index is 2.37. The van der Waals surface area contributed by atoms with Crippen molar-refractivity contribution < 1.29 is 17.9 Å². The van der Waals surface area contributed by atoms with Crippen molar-refractivity contribution in [1.29, 1.82) is 5.26 Å². The van der Waals surface area contributed by atoms with Crippen LogP contribution in [0.15, 0.2) is 29.2 Å². The van der Waals surface area contributed by atoms with Gasteiger partial charge in [0.2, 0.25) is 10.0 Å². The zero-order valence-electron chi connectivity index (χ0n) is 12.1. The van der Waals surface area contributed by atoms with Crippen LogP contribution in [0.2, 0.25) is 0 Å². The number of nitriles is 1. The molecule has 0 unspecified atom stereocenters. The summed E-state index contributed by atoms with van der Waals surface area (Å²) in [7, 11) is -2.37. The Labute approximate surface area is 124 Å². The van der Waals surface area contributed by atoms with Gasteiger partial charge in [-0.2, -0.15) is 9.57 Å². The lowest BCUT2D eigenvalue weighted by Gasteiger charge is -2.30. The van der Waals surface area contributed by atoms with Crippen molar-refractivity contribution in [3.05, 3.63) is 24.3 Å². The Morgan fingerprint density at radius 2 is 2.29 bits per heavy atom. The predicted octanol–water partition coefficient (Wildman–Crippen LogP) is 1.39. The van der Waals surface area contributed by atoms with Crippen LogP contribution in [0.1, 0.15) is 13.3 Å². The number of rotatable bonds is 5. The van der Waals surface area contributed by atoms with Crippen LogP contribution >= 0.6 is 0 Å². The van der Waals surface area contributed by atoms with Crippen molar-refractivity contribution in [1.82, 2.24) is 4.31 Å². The number of sulfonamides is 1. The third-order valence-electron chi connectivity index (χ3n) is 3.59. The van der Waals surface area contributed by atoms with E-state index in [1.165, 1.54) is 19.2 Å². The highest BCUT2D eigenvalue weighted by molar-refractivity contribution is 7.89. The second-order valence-corrected chi connectivity index (χ2v) is 6.80. The van der Waals surface area contributed by atoms with Gasteiger partial charge in [-0.3, -0.25) is 0 Å². The standard InChI is InChI=1S/C14H18N2O4S/c1-3-20-12-5-4-6-13(9-12)21(17,18)16(2)14(10-15)7-8-19-11-14/h4-6,9H,3,7-8,11H2,1-2H3/t14-/m1/s1. The Kier molecular flexibility index (Phi) is 4.52. The average Bonchev–Trinajstić information content (AvgIpc) is 2.97. The van der Waals surface area contributed by atoms with Gasteiger partial charge in [-0.15, -0.1) is 0 Å². The number of nitrogens with zero attached hydrogens (tertiary/aromatic N) is 2. The summed E-state index contributed by atoms with van der Waals surface area (Å²) in [6.45, 7) is 2.75. The molecule has 1 aromatic rings. The van der Waals surface area contributed by atoms with Gasteiger partial charge < -0.3 is 9.47 Å². The maximum atomic E-state index is 12.7. The lowest BCUT2D eigenvalue weighted by Crippen LogP contribution is -2.49. The molecular weight excluding hydrogens is 292 g/mol. The van der Waals surface area contributed by atoms with Crippen molar-refractivity contribution in [3.8, 4) is 11.8 Å². The Hall–Kier alpha value is -1.62. The van der Waals surface area contributed by atoms with E-state index in [0.29, 0.717) is 25.4 Å². The van der Waals surface area contributed by atoms with Gasteiger partial charge in [0.1, 0.15) is 11.3 Å². The van der Waals surface area contributed by atoms with Crippen LogP contribution < -0.4 is 4.74 Å². The molecule has 0 bridgehead atoms. The number of likely N-dealkylation sites (N-methyl/N-ethyl adjacent to an activating group) is 1. The highest BCUT2D eigenvalue weighted by Gasteiger charge is 2.45. The first-order valence-corrected chi connectivity index (χ1v) is 8.11. The molecule has 0 amide bonds. The maximum absolute atomic E-state index is 12.7. The molecule has 1 saturated heterocycles. The first kappa shape index (κ1) is 15.8. The number of benzene rings is 1. The SMILES string of the molecule is CCOc1cccc(S(=O)(=O)N(C)[C@@]2(C#N)CCOC2)c1. The minimum Gasteiger partial charge on any atom is -0.494 e. The lowest BCUT2D eigenvalue weighted by molar-refractivity contribution is 0.162. The summed E-state index contributed by atoms with van der Waals surface area (Å²) < 4.78 is 37.1. The van der Waals surface area contributed by atoms with Crippen molar-refractivity contribution in [2.24, 2.45) is 0 Å². The minimum atomic E-state index is -3.78. The van der Waals surface area contributed by atoms with E-state index in [-0.39, 0.29) is 11.5 Å². The fourth-order valence-electron chi connectivity index (χ4n) is 2.24. The van der Waals surface area contributed by atoms with Gasteiger partial charge >= 0.3 is 0 Å². The van der Waals surface area contributed by atoms with Gasteiger partial charge in [0.05, 0.1) is 24.2 Å². The van der Waals surface area contributed by atoms with Gasteiger partial charge in [0.25, 0.3) is 0 Å². The van der Waals surface area contributed by atoms with E-state index in [0.717, 1.165) is 4.31 Å². The Morgan fingerprint density at radius 1 is 1.52 bits per heavy atom. The van der Waals surface area contributed by atoms with Gasteiger partial charge in [-0.05, 0) is 19.1 Å². The fourth-order valence-corrected chi connectivity index (χ4v) is 3.72. The van der Waals surface area contributed by atoms with Crippen LogP contribution in [0.25, 0.3) is 0 Å². The molecule has 1 aromatic carbocycles. The van der Waals surface area contributed by atoms with E-state index in [1.54, 1.807) is 12.1 Å². The van der Waals surface area contributed by atoms with E-state index < -0.39 is 15.6 Å². The Bertz CT molecular complexity index is 645. The second-order valence-electron chi connectivity index (χ2n) is 4.83. The molecule has 0 spiro atoms. The van der Waals surface area contributed by atoms with Crippen LogP contribution in [0, 0.1) is 11.3 Å². The smallest absolute Gasteiger partial charge is 0.244 e. The van der Waals surface area contributed by atoms with Crippen LogP contribution in [0.4, 0.5) is 0 Å². The maximum Gasteiger partial charge on any atom is 0.244 e. The normalized spacial score (nSPS) is 22.2. The topological polar surface area (TPSA) is 79.6 Å². The molecule has 0 N–H and O–H groups in total. The zero-order valence-corrected chi connectivity index (χ0v) is 12.9. The first-order chi connectivity index (χ1) is 9.96. The van der Waals surface area contributed by atoms with Gasteiger partial charge in [-0.25, -0.2) is 8.42 Å². The molecule has 0 radical (unpaired) electrons. The molecule has 1 aliphatic rings. The van der Waals surface area contributed by atoms with Crippen LogP contribution in [0.3, 0.4) is 0 Å². The molecule has 1 atom stereocenters. The third kappa shape index (κ3) is 2.88. The number of ether oxygens (including phenoxy) is 2. The minimum absolute atomic E-state index is 0.0877. The molecule has 1 fully saturated rings. The highest BCUT2D eigenvalue weighted by atomic mass is 32.2. The summed E-state index contributed by atoms with van der Waals surface area (Å²) in [6.07, 6.45) is 0.365. The predicted molar refractivity (Wildman–Crippen MR) is 76.3 cm³/mol. The van der Waals surface area contributed by atoms with Crippen molar-refractivity contribution in [3.63, 3.8) is 0 Å². The summed E-state index contributed by atoms with van der Waals surface area (Å²) in [6, 6.07) is 8.36. The number of hydrogen-bond donors (Lipinski definition) is 0. The van der Waals surface area contributed by atoms with E-state index >= 15 is 0 Å². The molecule has 6 nitrogen and oxygen atoms in total. The summed E-state index contributed by atoms with van der Waals surface area (Å²) in [5.41, 5.74) is -1.14. The summed E-state index contributed by atoms with van der Waals surface area (Å²) in [5, 5.41) is 9.38. The van der Waals surface area contributed by atoms with E-state index in [9.17, 15) is 13.7 Å². The summed E-state index contributed by atoms with van der Waals surface area (Å²) >= 11 is 0. The Morgan fingerprint density at radius 3 is 2.86 bits per heavy atom. The van der Waals surface area contributed by atoms with E-state index in [4.69, 9.17) is 9.47 Å². The second kappa shape index (κ2) is 6.02. The lowest BCUT2D eigenvalue weighted by atomic mass is 10.0. The first-order valence-electron chi connectivity index (χ1n) is 6.67. The molecule has 114 valence electrons. The molecule has 1 heterocycles. The van der Waals surface area contributed by atoms with E-state index in [2.05, 4.69) is 6.07 Å². The summed E-state index contributed by atoms with van der Waals surface area (Å²) in [5.74, 6) is 0.487. The van der Waals surface area contributed by atoms with Crippen LogP contribution in [0.5, 0.6) is 5.75 Å². The average molecular weight is 310 g/mol. The molecule has 0 aromatic heterocycles. The molecule has 21 heavy (non-hydrogen) atoms. The van der Waals surface area contributed by atoms with Crippen LogP contribution in [-0.2, 0) is 14.8 Å². The highest BCUT2D eigenvalue weighted by Crippen LogP contribution is 2.30. The van der Waals surface area contributed by atoms with Gasteiger partial charge in [0, 0.05) is 26.1 Å². The van der Waals surface area contributed by atoms with Crippen LogP contribution in [-0.4, -0.2) is 45.1 Å². The molecule has 1 aliphatic heterocycles. The van der Waals surface area contributed by atoms with Gasteiger partial charge in [-0.1, -0.05) is 6.07 Å². The molecule has 7 heteroatoms. The fraction of sp³-hybridized carbons (Fsp3) is 0.500. The molecule has 0 saturated carbocycles. The zero-order chi connectivity index (χ0) is 15.5. The monoisotopic (exact) mass is 310 g/mol. The third-order valence-corrected chi connectivity index (χ3v) is 5.51. The van der Waals surface area contributed by atoms with Crippen molar-refractivity contribution >= 4 is 10.0 Å². The van der Waals surface area contributed by atoms with Crippen molar-refractivity contribution in [2.45, 2.75) is 23.8 Å². The number of hydrogen-bond acceptors (Lipinski definition) is 5. The molecule has 2 rings (SSSR count). The van der Waals surface area contributed by atoms with Gasteiger partial charge in [0.15, 0.2) is 0 Å². The van der Waals surface area contributed by atoms with E-state index in [1.807, 2.05) is 6.92 Å². The summed E-state index contributed by atoms with van der Waals surface area (Å²) in [4.78, 5) is 0.109. The quantitative estimate of drug-likeness (QED) is 0.821. The molecule has 0 aliphatic carbocycles.